The molecule has 0 heterocycles. The summed E-state index contributed by atoms with van der Waals surface area (Å²) < 4.78 is 10.6. The lowest BCUT2D eigenvalue weighted by molar-refractivity contribution is -0.140. The molecule has 0 radical (unpaired) electrons. The summed E-state index contributed by atoms with van der Waals surface area (Å²) in [7, 11) is 0. The molecule has 174 valence electrons. The Balaban J connectivity index is 1.64. The number of carbonyl (C=O) groups excluding carboxylic acids is 2. The Morgan fingerprint density at radius 3 is 1.82 bits per heavy atom. The second-order valence-electron chi connectivity index (χ2n) is 9.46. The van der Waals surface area contributed by atoms with Crippen LogP contribution in [0, 0.1) is 5.41 Å². The zero-order valence-corrected chi connectivity index (χ0v) is 20.0. The summed E-state index contributed by atoms with van der Waals surface area (Å²) in [6.07, 6.45) is 19.7. The molecule has 0 unspecified atom stereocenters. The van der Waals surface area contributed by atoms with Gasteiger partial charge in [-0.05, 0) is 67.4 Å². The topological polar surface area (TPSA) is 52.6 Å². The van der Waals surface area contributed by atoms with Crippen molar-refractivity contribution in [2.45, 2.75) is 59.3 Å². The highest BCUT2D eigenvalue weighted by Gasteiger charge is 2.27. The van der Waals surface area contributed by atoms with E-state index in [0.717, 1.165) is 38.5 Å². The van der Waals surface area contributed by atoms with Crippen LogP contribution in [0.2, 0.25) is 0 Å². The zero-order valence-electron chi connectivity index (χ0n) is 20.0. The van der Waals surface area contributed by atoms with Crippen molar-refractivity contribution < 1.29 is 19.1 Å². The summed E-state index contributed by atoms with van der Waals surface area (Å²) in [6, 6.07) is 0. The molecule has 0 saturated carbocycles. The monoisotopic (exact) mass is 446 g/mol. The molecule has 33 heavy (non-hydrogen) atoms. The average Bonchev–Trinajstić information content (AvgIpc) is 2.83. The van der Waals surface area contributed by atoms with Crippen LogP contribution in [0.3, 0.4) is 0 Å². The van der Waals surface area contributed by atoms with Crippen molar-refractivity contribution in [1.82, 2.24) is 0 Å². The normalized spacial score (nSPS) is 18.5. The summed E-state index contributed by atoms with van der Waals surface area (Å²) in [6.45, 7) is 13.3. The van der Waals surface area contributed by atoms with Gasteiger partial charge in [0.15, 0.2) is 0 Å². The summed E-state index contributed by atoms with van der Waals surface area (Å²) in [5.74, 6) is -0.0310. The third kappa shape index (κ3) is 6.44. The van der Waals surface area contributed by atoms with Crippen LogP contribution in [-0.2, 0) is 19.1 Å². The molecule has 0 N–H and O–H groups in total. The second kappa shape index (κ2) is 10.7. The average molecular weight is 447 g/mol. The lowest BCUT2D eigenvalue weighted by Crippen LogP contribution is -2.24. The molecule has 0 saturated heterocycles. The van der Waals surface area contributed by atoms with Crippen LogP contribution in [0.5, 0.6) is 0 Å². The number of ether oxygens (including phenoxy) is 2. The number of hydrogen-bond donors (Lipinski definition) is 0. The molecule has 3 aliphatic rings. The van der Waals surface area contributed by atoms with Crippen LogP contribution in [0.4, 0.5) is 0 Å². The third-order valence-electron chi connectivity index (χ3n) is 6.42. The summed E-state index contributed by atoms with van der Waals surface area (Å²) >= 11 is 0. The molecule has 0 fully saturated rings. The van der Waals surface area contributed by atoms with Gasteiger partial charge in [0, 0.05) is 23.5 Å². The fraction of sp³-hybridized carbons (Fsp3) is 0.379. The van der Waals surface area contributed by atoms with Crippen LogP contribution in [-0.4, -0.2) is 18.5 Å². The maximum atomic E-state index is 11.7. The molecule has 4 nitrogen and oxygen atoms in total. The number of esters is 2. The van der Waals surface area contributed by atoms with E-state index in [1.54, 1.807) is 6.92 Å². The van der Waals surface area contributed by atoms with Crippen molar-refractivity contribution in [3.63, 3.8) is 0 Å². The fourth-order valence-electron chi connectivity index (χ4n) is 4.22. The lowest BCUT2D eigenvalue weighted by Gasteiger charge is -2.30. The molecule has 3 rings (SSSR count). The molecule has 0 atom stereocenters. The first kappa shape index (κ1) is 24.5. The van der Waals surface area contributed by atoms with Crippen LogP contribution >= 0.6 is 0 Å². The van der Waals surface area contributed by atoms with E-state index in [-0.39, 0.29) is 17.4 Å². The van der Waals surface area contributed by atoms with Crippen molar-refractivity contribution in [1.29, 1.82) is 0 Å². The number of carbonyl (C=O) groups is 2. The smallest absolute Gasteiger partial charge is 0.338 e. The van der Waals surface area contributed by atoms with Crippen LogP contribution in [0.1, 0.15) is 59.3 Å². The quantitative estimate of drug-likeness (QED) is 0.305. The van der Waals surface area contributed by atoms with Gasteiger partial charge < -0.3 is 9.47 Å². The minimum Gasteiger partial charge on any atom is -0.462 e. The molecule has 0 aromatic rings. The maximum absolute atomic E-state index is 11.7. The number of rotatable bonds is 8. The zero-order chi connectivity index (χ0) is 24.0. The van der Waals surface area contributed by atoms with Crippen LogP contribution < -0.4 is 0 Å². The van der Waals surface area contributed by atoms with Crippen molar-refractivity contribution >= 4 is 11.9 Å². The predicted octanol–water partition coefficient (Wildman–Crippen LogP) is 6.76. The molecule has 0 aromatic heterocycles. The highest BCUT2D eigenvalue weighted by Crippen LogP contribution is 2.38. The Hall–Kier alpha value is -3.14. The van der Waals surface area contributed by atoms with E-state index in [2.05, 4.69) is 57.4 Å². The minimum absolute atomic E-state index is 0.187. The van der Waals surface area contributed by atoms with E-state index in [1.807, 2.05) is 6.08 Å². The lowest BCUT2D eigenvalue weighted by atomic mass is 9.77. The summed E-state index contributed by atoms with van der Waals surface area (Å²) in [5, 5.41) is 0. The van der Waals surface area contributed by atoms with Gasteiger partial charge in [0.1, 0.15) is 12.4 Å². The molecular formula is C29H34O4. The third-order valence-corrected chi connectivity index (χ3v) is 6.42. The van der Waals surface area contributed by atoms with Crippen LogP contribution in [0.25, 0.3) is 0 Å². The Kier molecular flexibility index (Phi) is 7.91. The molecular weight excluding hydrogens is 412 g/mol. The van der Waals surface area contributed by atoms with Gasteiger partial charge in [0.25, 0.3) is 0 Å². The molecule has 3 aliphatic carbocycles. The van der Waals surface area contributed by atoms with E-state index in [0.29, 0.717) is 17.9 Å². The first-order chi connectivity index (χ1) is 15.7. The first-order valence-corrected chi connectivity index (χ1v) is 11.6. The standard InChI is InChI=1S/C29H34O4/c1-6-27(30)32-19-29(4,5)25-15-11-23(12-16-25)21-7-9-22(10-8-21)24-13-17-26(18-14-24)33-28(31)20(2)3/h6-7,9,11,13,15,17H,1-2,8,10,12,14,16,18-19H2,3-5H3. The Morgan fingerprint density at radius 2 is 1.39 bits per heavy atom. The molecule has 0 spiro atoms. The highest BCUT2D eigenvalue weighted by atomic mass is 16.5. The number of allylic oxidation sites excluding steroid dienone is 11. The SMILES string of the molecule is C=CC(=O)OCC(C)(C)C1=CC=C(C2=CC=C(C3=CC=C(OC(=O)C(=C)C)CC3)CC2)CC1. The second-order valence-corrected chi connectivity index (χ2v) is 9.46. The fourth-order valence-corrected chi connectivity index (χ4v) is 4.22. The van der Waals surface area contributed by atoms with Gasteiger partial charge in [-0.1, -0.05) is 63.0 Å². The van der Waals surface area contributed by atoms with Crippen molar-refractivity contribution in [2.24, 2.45) is 5.41 Å². The summed E-state index contributed by atoms with van der Waals surface area (Å²) in [4.78, 5) is 23.1. The van der Waals surface area contributed by atoms with Crippen LogP contribution in [0.15, 0.2) is 94.9 Å². The molecule has 0 bridgehead atoms. The van der Waals surface area contributed by atoms with Crippen molar-refractivity contribution in [3.05, 3.63) is 94.9 Å². The van der Waals surface area contributed by atoms with Gasteiger partial charge in [-0.25, -0.2) is 9.59 Å². The largest absolute Gasteiger partial charge is 0.462 e. The first-order valence-electron chi connectivity index (χ1n) is 11.6. The van der Waals surface area contributed by atoms with Crippen molar-refractivity contribution in [2.75, 3.05) is 6.61 Å². The van der Waals surface area contributed by atoms with Gasteiger partial charge in [0.2, 0.25) is 0 Å². The Bertz CT molecular complexity index is 1040. The number of hydrogen-bond acceptors (Lipinski definition) is 4. The minimum atomic E-state index is -0.377. The van der Waals surface area contributed by atoms with E-state index in [4.69, 9.17) is 9.47 Å². The van der Waals surface area contributed by atoms with E-state index in [9.17, 15) is 9.59 Å². The van der Waals surface area contributed by atoms with E-state index >= 15 is 0 Å². The van der Waals surface area contributed by atoms with Gasteiger partial charge in [-0.2, -0.15) is 0 Å². The predicted molar refractivity (Wildman–Crippen MR) is 132 cm³/mol. The maximum Gasteiger partial charge on any atom is 0.338 e. The van der Waals surface area contributed by atoms with E-state index in [1.165, 1.54) is 33.9 Å². The summed E-state index contributed by atoms with van der Waals surface area (Å²) in [5.41, 5.74) is 6.99. The Morgan fingerprint density at radius 1 is 0.879 bits per heavy atom. The molecule has 0 aliphatic heterocycles. The van der Waals surface area contributed by atoms with Gasteiger partial charge in [-0.3, -0.25) is 0 Å². The Labute approximate surface area is 197 Å². The van der Waals surface area contributed by atoms with E-state index < -0.39 is 0 Å². The van der Waals surface area contributed by atoms with Gasteiger partial charge >= 0.3 is 11.9 Å². The highest BCUT2D eigenvalue weighted by molar-refractivity contribution is 5.87. The van der Waals surface area contributed by atoms with Crippen molar-refractivity contribution in [3.8, 4) is 0 Å². The molecule has 0 amide bonds. The molecule has 4 heteroatoms. The van der Waals surface area contributed by atoms with Gasteiger partial charge in [-0.15, -0.1) is 0 Å². The molecule has 0 aromatic carbocycles. The van der Waals surface area contributed by atoms with Gasteiger partial charge in [0.05, 0.1) is 0 Å².